The molecule has 0 unspecified atom stereocenters. The number of aromatic nitrogens is 2. The summed E-state index contributed by atoms with van der Waals surface area (Å²) in [5.74, 6) is -0.0745. The van der Waals surface area contributed by atoms with E-state index in [2.05, 4.69) is 4.98 Å². The third-order valence-corrected chi connectivity index (χ3v) is 4.66. The maximum Gasteiger partial charge on any atom is 0.306 e. The summed E-state index contributed by atoms with van der Waals surface area (Å²) in [5, 5.41) is 0.604. The molecular weight excluding hydrogens is 347 g/mol. The minimum absolute atomic E-state index is 0.0437. The monoisotopic (exact) mass is 366 g/mol. The quantitative estimate of drug-likeness (QED) is 0.626. The highest BCUT2D eigenvalue weighted by Crippen LogP contribution is 2.34. The Kier molecular flexibility index (Phi) is 4.71. The number of benzene rings is 2. The fourth-order valence-electron chi connectivity index (χ4n) is 3.11. The second-order valence-electron chi connectivity index (χ2n) is 6.74. The topological polar surface area (TPSA) is 61.2 Å². The van der Waals surface area contributed by atoms with Crippen LogP contribution in [-0.4, -0.2) is 15.5 Å². The zero-order valence-electron chi connectivity index (χ0n) is 14.7. The van der Waals surface area contributed by atoms with E-state index in [1.807, 2.05) is 18.2 Å². The first-order valence-corrected chi connectivity index (χ1v) is 9.02. The van der Waals surface area contributed by atoms with Gasteiger partial charge in [-0.25, -0.2) is 9.37 Å². The van der Waals surface area contributed by atoms with Gasteiger partial charge < -0.3 is 4.74 Å². The number of aryl methyl sites for hydroxylation is 1. The molecule has 138 valence electrons. The summed E-state index contributed by atoms with van der Waals surface area (Å²) < 4.78 is 19.9. The molecule has 0 spiro atoms. The summed E-state index contributed by atoms with van der Waals surface area (Å²) in [7, 11) is 0. The van der Waals surface area contributed by atoms with Crippen LogP contribution in [0, 0.1) is 5.82 Å². The number of halogens is 1. The van der Waals surface area contributed by atoms with Crippen LogP contribution in [-0.2, 0) is 22.6 Å². The number of nitrogens with zero attached hydrogens (tertiary/aromatic N) is 2. The Hall–Kier alpha value is -3.02. The van der Waals surface area contributed by atoms with Gasteiger partial charge in [0.05, 0.1) is 17.3 Å². The van der Waals surface area contributed by atoms with Crippen LogP contribution in [0.2, 0.25) is 0 Å². The van der Waals surface area contributed by atoms with Gasteiger partial charge >= 0.3 is 5.97 Å². The molecule has 2 aromatic carbocycles. The average Bonchev–Trinajstić information content (AvgIpc) is 3.51. The fourth-order valence-corrected chi connectivity index (χ4v) is 3.11. The van der Waals surface area contributed by atoms with E-state index < -0.39 is 0 Å². The van der Waals surface area contributed by atoms with E-state index in [9.17, 15) is 14.0 Å². The number of esters is 1. The number of para-hydroxylation sites is 1. The molecule has 3 aromatic rings. The number of hydrogen-bond acceptors (Lipinski definition) is 4. The zero-order chi connectivity index (χ0) is 18.8. The number of carbonyl (C=O) groups is 1. The SMILES string of the molecule is O=C(CCc1nc2ccccc2c(=O)n1C1CC1)OCc1ccc(F)cc1. The molecule has 1 aromatic heterocycles. The number of carbonyl (C=O) groups excluding carboxylic acids is 1. The van der Waals surface area contributed by atoms with Crippen molar-refractivity contribution in [2.75, 3.05) is 0 Å². The third kappa shape index (κ3) is 3.89. The highest BCUT2D eigenvalue weighted by Gasteiger charge is 2.28. The van der Waals surface area contributed by atoms with Crippen LogP contribution >= 0.6 is 0 Å². The lowest BCUT2D eigenvalue weighted by atomic mass is 10.2. The Bertz CT molecular complexity index is 1040. The van der Waals surface area contributed by atoms with Crippen molar-refractivity contribution in [1.29, 1.82) is 0 Å². The van der Waals surface area contributed by atoms with Crippen molar-refractivity contribution in [3.8, 4) is 0 Å². The van der Waals surface area contributed by atoms with Crippen molar-refractivity contribution >= 4 is 16.9 Å². The predicted molar refractivity (Wildman–Crippen MR) is 98.8 cm³/mol. The molecule has 0 N–H and O–H groups in total. The summed E-state index contributed by atoms with van der Waals surface area (Å²) in [6.07, 6.45) is 2.40. The molecule has 0 radical (unpaired) electrons. The molecule has 0 atom stereocenters. The van der Waals surface area contributed by atoms with Gasteiger partial charge in [0.25, 0.3) is 5.56 Å². The number of hydrogen-bond donors (Lipinski definition) is 0. The van der Waals surface area contributed by atoms with Gasteiger partial charge in [-0.15, -0.1) is 0 Å². The van der Waals surface area contributed by atoms with Crippen LogP contribution in [0.25, 0.3) is 10.9 Å². The van der Waals surface area contributed by atoms with Crippen LogP contribution in [0.5, 0.6) is 0 Å². The molecular formula is C21H19FN2O3. The lowest BCUT2D eigenvalue weighted by molar-refractivity contribution is -0.144. The van der Waals surface area contributed by atoms with Crippen LogP contribution in [0.15, 0.2) is 53.3 Å². The molecule has 0 saturated heterocycles. The van der Waals surface area contributed by atoms with E-state index in [4.69, 9.17) is 4.74 Å². The second-order valence-corrected chi connectivity index (χ2v) is 6.74. The van der Waals surface area contributed by atoms with Gasteiger partial charge in [0.2, 0.25) is 0 Å². The summed E-state index contributed by atoms with van der Waals surface area (Å²) in [5.41, 5.74) is 1.33. The lowest BCUT2D eigenvalue weighted by Crippen LogP contribution is -2.25. The minimum atomic E-state index is -0.371. The van der Waals surface area contributed by atoms with E-state index in [0.29, 0.717) is 23.1 Å². The molecule has 1 fully saturated rings. The average molecular weight is 366 g/mol. The van der Waals surface area contributed by atoms with E-state index in [1.54, 1.807) is 22.8 Å². The van der Waals surface area contributed by atoms with Crippen molar-refractivity contribution in [2.45, 2.75) is 38.3 Å². The van der Waals surface area contributed by atoms with E-state index >= 15 is 0 Å². The Morgan fingerprint density at radius 2 is 1.89 bits per heavy atom. The van der Waals surface area contributed by atoms with Gasteiger partial charge in [0, 0.05) is 12.5 Å². The molecule has 0 aliphatic heterocycles. The summed E-state index contributed by atoms with van der Waals surface area (Å²) in [4.78, 5) is 29.5. The van der Waals surface area contributed by atoms with Gasteiger partial charge in [0.15, 0.2) is 0 Å². The largest absolute Gasteiger partial charge is 0.461 e. The van der Waals surface area contributed by atoms with E-state index in [1.165, 1.54) is 12.1 Å². The predicted octanol–water partition coefficient (Wildman–Crippen LogP) is 3.55. The van der Waals surface area contributed by atoms with Crippen LogP contribution in [0.3, 0.4) is 0 Å². The molecule has 0 amide bonds. The Labute approximate surface area is 155 Å². The van der Waals surface area contributed by atoms with Crippen LogP contribution in [0.1, 0.15) is 36.7 Å². The standard InChI is InChI=1S/C21H19FN2O3/c22-15-7-5-14(6-8-15)13-27-20(25)12-11-19-23-18-4-2-1-3-17(18)21(26)24(19)16-9-10-16/h1-8,16H,9-13H2. The van der Waals surface area contributed by atoms with Gasteiger partial charge in [-0.05, 0) is 42.7 Å². The van der Waals surface area contributed by atoms with Crippen molar-refractivity contribution in [2.24, 2.45) is 0 Å². The van der Waals surface area contributed by atoms with Crippen LogP contribution < -0.4 is 5.56 Å². The van der Waals surface area contributed by atoms with Gasteiger partial charge in [0.1, 0.15) is 18.2 Å². The molecule has 1 aliphatic carbocycles. The maximum absolute atomic E-state index is 12.9. The van der Waals surface area contributed by atoms with E-state index in [-0.39, 0.29) is 36.4 Å². The summed E-state index contributed by atoms with van der Waals surface area (Å²) >= 11 is 0. The Morgan fingerprint density at radius 1 is 1.15 bits per heavy atom. The highest BCUT2D eigenvalue weighted by atomic mass is 19.1. The van der Waals surface area contributed by atoms with Crippen molar-refractivity contribution in [1.82, 2.24) is 9.55 Å². The highest BCUT2D eigenvalue weighted by molar-refractivity contribution is 5.77. The fraction of sp³-hybridized carbons (Fsp3) is 0.286. The summed E-state index contributed by atoms with van der Waals surface area (Å²) in [6, 6.07) is 13.3. The Balaban J connectivity index is 1.46. The molecule has 4 rings (SSSR count). The van der Waals surface area contributed by atoms with E-state index in [0.717, 1.165) is 18.4 Å². The second kappa shape index (κ2) is 7.31. The third-order valence-electron chi connectivity index (χ3n) is 4.66. The van der Waals surface area contributed by atoms with Crippen LogP contribution in [0.4, 0.5) is 4.39 Å². The minimum Gasteiger partial charge on any atom is -0.461 e. The number of rotatable bonds is 6. The molecule has 6 heteroatoms. The van der Waals surface area contributed by atoms with Gasteiger partial charge in [-0.3, -0.25) is 14.2 Å². The van der Waals surface area contributed by atoms with Gasteiger partial charge in [-0.2, -0.15) is 0 Å². The van der Waals surface area contributed by atoms with Gasteiger partial charge in [-0.1, -0.05) is 24.3 Å². The molecule has 0 bridgehead atoms. The van der Waals surface area contributed by atoms with Crippen molar-refractivity contribution in [3.63, 3.8) is 0 Å². The lowest BCUT2D eigenvalue weighted by Gasteiger charge is -2.12. The van der Waals surface area contributed by atoms with Crippen molar-refractivity contribution in [3.05, 3.63) is 76.1 Å². The molecule has 27 heavy (non-hydrogen) atoms. The smallest absolute Gasteiger partial charge is 0.306 e. The Morgan fingerprint density at radius 3 is 2.63 bits per heavy atom. The summed E-state index contributed by atoms with van der Waals surface area (Å²) in [6.45, 7) is 0.0969. The first-order chi connectivity index (χ1) is 13.1. The molecule has 1 heterocycles. The number of ether oxygens (including phenoxy) is 1. The first-order valence-electron chi connectivity index (χ1n) is 9.02. The van der Waals surface area contributed by atoms with Crippen molar-refractivity contribution < 1.29 is 13.9 Å². The normalized spacial score (nSPS) is 13.7. The maximum atomic E-state index is 12.9. The number of fused-ring (bicyclic) bond motifs is 1. The first kappa shape index (κ1) is 17.4. The molecule has 1 aliphatic rings. The molecule has 1 saturated carbocycles. The zero-order valence-corrected chi connectivity index (χ0v) is 14.7. The molecule has 5 nitrogen and oxygen atoms in total.